The van der Waals surface area contributed by atoms with Crippen LogP contribution >= 0.6 is 0 Å². The maximum Gasteiger partial charge on any atom is 0.151 e. The molecule has 0 bridgehead atoms. The van der Waals surface area contributed by atoms with Gasteiger partial charge in [0.25, 0.3) is 0 Å². The molecular weight excluding hydrogens is 250 g/mol. The number of rotatable bonds is 7. The number of nitrogens with zero attached hydrogens (tertiary/aromatic N) is 2. The zero-order valence-electron chi connectivity index (χ0n) is 11.6. The van der Waals surface area contributed by atoms with E-state index >= 15 is 0 Å². The first kappa shape index (κ1) is 15.2. The maximum absolute atomic E-state index is 11.4. The average molecular weight is 273 g/mol. The number of hydrogen-bond donors (Lipinski definition) is 1. The van der Waals surface area contributed by atoms with Gasteiger partial charge in [0.2, 0.25) is 0 Å². The highest BCUT2D eigenvalue weighted by molar-refractivity contribution is 7.91. The predicted molar refractivity (Wildman–Crippen MR) is 73.3 cm³/mol. The Labute approximate surface area is 109 Å². The van der Waals surface area contributed by atoms with E-state index in [0.29, 0.717) is 12.6 Å². The standard InChI is InChI=1S/C12H23N3O2S/c1-5-18(16,17)7-6-15-9-12(11(4)14-15)8-13-10(2)3/h9-10,13H,5-8H2,1-4H3. The van der Waals surface area contributed by atoms with E-state index in [9.17, 15) is 8.42 Å². The van der Waals surface area contributed by atoms with E-state index in [2.05, 4.69) is 24.3 Å². The van der Waals surface area contributed by atoms with E-state index in [4.69, 9.17) is 0 Å². The van der Waals surface area contributed by atoms with Crippen LogP contribution in [-0.4, -0.2) is 35.7 Å². The first-order valence-corrected chi connectivity index (χ1v) is 8.13. The van der Waals surface area contributed by atoms with Crippen molar-refractivity contribution in [2.75, 3.05) is 11.5 Å². The fraction of sp³-hybridized carbons (Fsp3) is 0.750. The van der Waals surface area contributed by atoms with E-state index < -0.39 is 9.84 Å². The molecule has 104 valence electrons. The number of nitrogens with one attached hydrogen (secondary N) is 1. The summed E-state index contributed by atoms with van der Waals surface area (Å²) in [6.07, 6.45) is 1.93. The summed E-state index contributed by atoms with van der Waals surface area (Å²) >= 11 is 0. The van der Waals surface area contributed by atoms with Crippen LogP contribution < -0.4 is 5.32 Å². The molecule has 1 aromatic heterocycles. The smallest absolute Gasteiger partial charge is 0.151 e. The van der Waals surface area contributed by atoms with Crippen LogP contribution in [0.2, 0.25) is 0 Å². The quantitative estimate of drug-likeness (QED) is 0.808. The molecule has 1 aromatic rings. The van der Waals surface area contributed by atoms with Gasteiger partial charge in [0, 0.05) is 30.1 Å². The molecule has 0 unspecified atom stereocenters. The maximum atomic E-state index is 11.4. The molecule has 0 atom stereocenters. The van der Waals surface area contributed by atoms with Gasteiger partial charge in [-0.25, -0.2) is 8.42 Å². The van der Waals surface area contributed by atoms with Crippen molar-refractivity contribution in [1.29, 1.82) is 0 Å². The zero-order valence-corrected chi connectivity index (χ0v) is 12.4. The molecule has 1 rings (SSSR count). The van der Waals surface area contributed by atoms with Crippen LogP contribution in [0, 0.1) is 6.92 Å². The highest BCUT2D eigenvalue weighted by atomic mass is 32.2. The van der Waals surface area contributed by atoms with Gasteiger partial charge < -0.3 is 5.32 Å². The summed E-state index contributed by atoms with van der Waals surface area (Å²) in [4.78, 5) is 0. The van der Waals surface area contributed by atoms with Crippen molar-refractivity contribution in [2.45, 2.75) is 46.8 Å². The van der Waals surface area contributed by atoms with Crippen LogP contribution in [0.1, 0.15) is 32.0 Å². The molecule has 0 aliphatic rings. The number of aryl methyl sites for hydroxylation is 2. The Morgan fingerprint density at radius 2 is 2.11 bits per heavy atom. The van der Waals surface area contributed by atoms with Crippen LogP contribution in [0.15, 0.2) is 6.20 Å². The number of hydrogen-bond acceptors (Lipinski definition) is 4. The van der Waals surface area contributed by atoms with Gasteiger partial charge in [0.1, 0.15) is 0 Å². The molecule has 0 saturated heterocycles. The highest BCUT2D eigenvalue weighted by Gasteiger charge is 2.10. The second-order valence-corrected chi connectivity index (χ2v) is 7.25. The molecule has 0 amide bonds. The number of aromatic nitrogens is 2. The summed E-state index contributed by atoms with van der Waals surface area (Å²) in [6, 6.07) is 0.424. The summed E-state index contributed by atoms with van der Waals surface area (Å²) < 4.78 is 24.6. The van der Waals surface area contributed by atoms with Gasteiger partial charge in [0.05, 0.1) is 18.0 Å². The summed E-state index contributed by atoms with van der Waals surface area (Å²) in [6.45, 7) is 8.99. The Bertz CT molecular complexity index is 478. The second kappa shape index (κ2) is 6.33. The Kier molecular flexibility index (Phi) is 5.34. The van der Waals surface area contributed by atoms with Gasteiger partial charge in [-0.1, -0.05) is 20.8 Å². The van der Waals surface area contributed by atoms with Crippen LogP contribution in [0.5, 0.6) is 0 Å². The highest BCUT2D eigenvalue weighted by Crippen LogP contribution is 2.06. The molecule has 5 nitrogen and oxygen atoms in total. The molecule has 1 N–H and O–H groups in total. The minimum atomic E-state index is -2.92. The minimum absolute atomic E-state index is 0.154. The average Bonchev–Trinajstić information content (AvgIpc) is 2.65. The van der Waals surface area contributed by atoms with Gasteiger partial charge in [-0.15, -0.1) is 0 Å². The van der Waals surface area contributed by atoms with Crippen molar-refractivity contribution in [3.63, 3.8) is 0 Å². The Balaban J connectivity index is 2.61. The minimum Gasteiger partial charge on any atom is -0.310 e. The summed E-state index contributed by atoms with van der Waals surface area (Å²) in [7, 11) is -2.92. The molecule has 0 fully saturated rings. The lowest BCUT2D eigenvalue weighted by molar-refractivity contribution is 0.579. The third-order valence-electron chi connectivity index (χ3n) is 2.82. The lowest BCUT2D eigenvalue weighted by atomic mass is 10.2. The molecule has 0 spiro atoms. The normalized spacial score (nSPS) is 12.3. The Hall–Kier alpha value is -0.880. The van der Waals surface area contributed by atoms with Crippen LogP contribution in [0.4, 0.5) is 0 Å². The molecule has 0 saturated carbocycles. The molecular formula is C12H23N3O2S. The van der Waals surface area contributed by atoms with Gasteiger partial charge >= 0.3 is 0 Å². The van der Waals surface area contributed by atoms with Crippen molar-refractivity contribution in [3.05, 3.63) is 17.5 Å². The molecule has 6 heteroatoms. The van der Waals surface area contributed by atoms with Crippen LogP contribution in [0.3, 0.4) is 0 Å². The van der Waals surface area contributed by atoms with Crippen molar-refractivity contribution in [2.24, 2.45) is 0 Å². The van der Waals surface area contributed by atoms with Gasteiger partial charge in [-0.05, 0) is 6.92 Å². The first-order chi connectivity index (χ1) is 8.34. The lowest BCUT2D eigenvalue weighted by Crippen LogP contribution is -2.21. The topological polar surface area (TPSA) is 64.0 Å². The molecule has 0 aliphatic heterocycles. The summed E-state index contributed by atoms with van der Waals surface area (Å²) in [5.41, 5.74) is 2.08. The van der Waals surface area contributed by atoms with Gasteiger partial charge in [-0.2, -0.15) is 5.10 Å². The second-order valence-electron chi connectivity index (χ2n) is 4.77. The summed E-state index contributed by atoms with van der Waals surface area (Å²) in [5, 5.41) is 7.67. The van der Waals surface area contributed by atoms with E-state index in [1.54, 1.807) is 11.6 Å². The Morgan fingerprint density at radius 3 is 2.67 bits per heavy atom. The van der Waals surface area contributed by atoms with E-state index in [1.807, 2.05) is 13.1 Å². The van der Waals surface area contributed by atoms with Crippen LogP contribution in [0.25, 0.3) is 0 Å². The lowest BCUT2D eigenvalue weighted by Gasteiger charge is -2.06. The third kappa shape index (κ3) is 4.78. The van der Waals surface area contributed by atoms with Crippen LogP contribution in [-0.2, 0) is 22.9 Å². The fourth-order valence-electron chi connectivity index (χ4n) is 1.54. The van der Waals surface area contributed by atoms with Crippen molar-refractivity contribution >= 4 is 9.84 Å². The third-order valence-corrected chi connectivity index (χ3v) is 4.50. The number of sulfone groups is 1. The molecule has 1 heterocycles. The van der Waals surface area contributed by atoms with E-state index in [0.717, 1.165) is 17.8 Å². The zero-order chi connectivity index (χ0) is 13.8. The van der Waals surface area contributed by atoms with E-state index in [1.165, 1.54) is 0 Å². The Morgan fingerprint density at radius 1 is 1.44 bits per heavy atom. The summed E-state index contributed by atoms with van der Waals surface area (Å²) in [5.74, 6) is 0.344. The largest absolute Gasteiger partial charge is 0.310 e. The molecule has 18 heavy (non-hydrogen) atoms. The fourth-order valence-corrected chi connectivity index (χ4v) is 2.29. The SMILES string of the molecule is CCS(=O)(=O)CCn1cc(CNC(C)C)c(C)n1. The molecule has 0 aromatic carbocycles. The van der Waals surface area contributed by atoms with Gasteiger partial charge in [-0.3, -0.25) is 4.68 Å². The molecule has 0 aliphatic carbocycles. The monoisotopic (exact) mass is 273 g/mol. The van der Waals surface area contributed by atoms with Gasteiger partial charge in [0.15, 0.2) is 9.84 Å². The van der Waals surface area contributed by atoms with Crippen molar-refractivity contribution in [3.8, 4) is 0 Å². The van der Waals surface area contributed by atoms with Crippen molar-refractivity contribution < 1.29 is 8.42 Å². The first-order valence-electron chi connectivity index (χ1n) is 6.30. The van der Waals surface area contributed by atoms with Crippen molar-refractivity contribution in [1.82, 2.24) is 15.1 Å². The molecule has 0 radical (unpaired) electrons. The predicted octanol–water partition coefficient (Wildman–Crippen LogP) is 1.12. The van der Waals surface area contributed by atoms with E-state index in [-0.39, 0.29) is 11.5 Å².